The van der Waals surface area contributed by atoms with E-state index < -0.39 is 10.0 Å². The number of hydrogen-bond acceptors (Lipinski definition) is 4. The van der Waals surface area contributed by atoms with Gasteiger partial charge in [-0.1, -0.05) is 29.8 Å². The van der Waals surface area contributed by atoms with E-state index in [0.29, 0.717) is 13.1 Å². The van der Waals surface area contributed by atoms with Crippen LogP contribution in [-0.4, -0.2) is 63.5 Å². The van der Waals surface area contributed by atoms with Gasteiger partial charge in [0.15, 0.2) is 0 Å². The van der Waals surface area contributed by atoms with Crippen LogP contribution in [-0.2, 0) is 21.4 Å². The maximum Gasteiger partial charge on any atom is 0.221 e. The highest BCUT2D eigenvalue weighted by molar-refractivity contribution is 7.88. The summed E-state index contributed by atoms with van der Waals surface area (Å²) >= 11 is 0. The van der Waals surface area contributed by atoms with Gasteiger partial charge in [0.2, 0.25) is 15.9 Å². The molecule has 0 unspecified atom stereocenters. The second-order valence-electron chi connectivity index (χ2n) is 6.33. The Kier molecular flexibility index (Phi) is 8.38. The molecule has 0 heterocycles. The summed E-state index contributed by atoms with van der Waals surface area (Å²) in [7, 11) is 0.600. The Labute approximate surface area is 145 Å². The Hall–Kier alpha value is -1.44. The quantitative estimate of drug-likeness (QED) is 0.685. The number of benzene rings is 1. The van der Waals surface area contributed by atoms with Crippen molar-refractivity contribution in [3.05, 3.63) is 35.4 Å². The number of rotatable bonds is 10. The SMILES string of the molecule is Cc1ccc(CNC(=O)CCN(CCCN(C)C)S(C)(=O)=O)cc1. The van der Waals surface area contributed by atoms with Gasteiger partial charge in [-0.25, -0.2) is 12.7 Å². The Balaban J connectivity index is 2.41. The van der Waals surface area contributed by atoms with Crippen LogP contribution < -0.4 is 5.32 Å². The maximum atomic E-state index is 12.0. The van der Waals surface area contributed by atoms with Gasteiger partial charge >= 0.3 is 0 Å². The first-order valence-electron chi connectivity index (χ1n) is 8.10. The summed E-state index contributed by atoms with van der Waals surface area (Å²) in [6.45, 7) is 3.93. The van der Waals surface area contributed by atoms with E-state index in [1.807, 2.05) is 50.2 Å². The molecule has 1 amide bonds. The van der Waals surface area contributed by atoms with Crippen molar-refractivity contribution < 1.29 is 13.2 Å². The molecule has 6 nitrogen and oxygen atoms in total. The van der Waals surface area contributed by atoms with Gasteiger partial charge in [0, 0.05) is 26.1 Å². The molecule has 0 aliphatic heterocycles. The lowest BCUT2D eigenvalue weighted by Crippen LogP contribution is -2.36. The van der Waals surface area contributed by atoms with Gasteiger partial charge in [0.05, 0.1) is 6.26 Å². The standard InChI is InChI=1S/C17H29N3O3S/c1-15-6-8-16(9-7-15)14-18-17(21)10-13-20(24(4,22)23)12-5-11-19(2)3/h6-9H,5,10-14H2,1-4H3,(H,18,21). The van der Waals surface area contributed by atoms with Gasteiger partial charge in [0.25, 0.3) is 0 Å². The lowest BCUT2D eigenvalue weighted by atomic mass is 10.1. The minimum Gasteiger partial charge on any atom is -0.352 e. The van der Waals surface area contributed by atoms with Crippen LogP contribution in [0.25, 0.3) is 0 Å². The van der Waals surface area contributed by atoms with E-state index in [0.717, 1.165) is 18.5 Å². The Morgan fingerprint density at radius 1 is 1.08 bits per heavy atom. The maximum absolute atomic E-state index is 12.0. The predicted octanol–water partition coefficient (Wildman–Crippen LogP) is 1.21. The summed E-state index contributed by atoms with van der Waals surface area (Å²) in [4.78, 5) is 14.0. The molecule has 0 aromatic heterocycles. The molecule has 0 fully saturated rings. The molecule has 24 heavy (non-hydrogen) atoms. The number of aryl methyl sites for hydroxylation is 1. The summed E-state index contributed by atoms with van der Waals surface area (Å²) in [6, 6.07) is 7.94. The summed E-state index contributed by atoms with van der Waals surface area (Å²) in [5.74, 6) is -0.142. The molecule has 0 aliphatic rings. The topological polar surface area (TPSA) is 69.7 Å². The fourth-order valence-corrected chi connectivity index (χ4v) is 3.11. The number of nitrogens with zero attached hydrogens (tertiary/aromatic N) is 2. The first-order chi connectivity index (χ1) is 11.2. The number of hydrogen-bond donors (Lipinski definition) is 1. The average Bonchev–Trinajstić information content (AvgIpc) is 2.48. The molecule has 7 heteroatoms. The van der Waals surface area contributed by atoms with E-state index in [9.17, 15) is 13.2 Å². The van der Waals surface area contributed by atoms with E-state index in [4.69, 9.17) is 0 Å². The molecule has 0 saturated heterocycles. The molecule has 1 N–H and O–H groups in total. The summed E-state index contributed by atoms with van der Waals surface area (Å²) in [6.07, 6.45) is 2.10. The Bertz CT molecular complexity index is 612. The fourth-order valence-electron chi connectivity index (χ4n) is 2.23. The minimum absolute atomic E-state index is 0.142. The van der Waals surface area contributed by atoms with Crippen LogP contribution >= 0.6 is 0 Å². The van der Waals surface area contributed by atoms with Crippen LogP contribution in [0.4, 0.5) is 0 Å². The lowest BCUT2D eigenvalue weighted by molar-refractivity contribution is -0.121. The fraction of sp³-hybridized carbons (Fsp3) is 0.588. The van der Waals surface area contributed by atoms with Crippen molar-refractivity contribution in [1.82, 2.24) is 14.5 Å². The molecule has 0 bridgehead atoms. The van der Waals surface area contributed by atoms with Crippen LogP contribution in [0.5, 0.6) is 0 Å². The summed E-state index contributed by atoms with van der Waals surface area (Å²) in [5, 5.41) is 2.83. The van der Waals surface area contributed by atoms with Gasteiger partial charge in [-0.2, -0.15) is 0 Å². The van der Waals surface area contributed by atoms with Gasteiger partial charge in [0.1, 0.15) is 0 Å². The van der Waals surface area contributed by atoms with Crippen molar-refractivity contribution in [2.24, 2.45) is 0 Å². The smallest absolute Gasteiger partial charge is 0.221 e. The van der Waals surface area contributed by atoms with Crippen LogP contribution in [0.1, 0.15) is 24.0 Å². The van der Waals surface area contributed by atoms with E-state index in [2.05, 4.69) is 5.32 Å². The normalized spacial score (nSPS) is 11.9. The average molecular weight is 356 g/mol. The predicted molar refractivity (Wildman–Crippen MR) is 97.2 cm³/mol. The molecule has 0 saturated carbocycles. The summed E-state index contributed by atoms with van der Waals surface area (Å²) in [5.41, 5.74) is 2.20. The van der Waals surface area contributed by atoms with Crippen LogP contribution in [0.15, 0.2) is 24.3 Å². The van der Waals surface area contributed by atoms with Crippen molar-refractivity contribution in [3.8, 4) is 0 Å². The molecule has 136 valence electrons. The largest absolute Gasteiger partial charge is 0.352 e. The van der Waals surface area contributed by atoms with Crippen molar-refractivity contribution in [3.63, 3.8) is 0 Å². The van der Waals surface area contributed by atoms with E-state index in [-0.39, 0.29) is 18.9 Å². The minimum atomic E-state index is -3.30. The molecule has 1 aromatic rings. The number of amides is 1. The van der Waals surface area contributed by atoms with Gasteiger partial charge in [-0.05, 0) is 39.5 Å². The van der Waals surface area contributed by atoms with Crippen LogP contribution in [0.2, 0.25) is 0 Å². The Morgan fingerprint density at radius 3 is 2.25 bits per heavy atom. The van der Waals surface area contributed by atoms with Crippen molar-refractivity contribution in [2.45, 2.75) is 26.3 Å². The van der Waals surface area contributed by atoms with Crippen LogP contribution in [0.3, 0.4) is 0 Å². The van der Waals surface area contributed by atoms with Crippen molar-refractivity contribution >= 4 is 15.9 Å². The van der Waals surface area contributed by atoms with Gasteiger partial charge in [-0.3, -0.25) is 4.79 Å². The highest BCUT2D eigenvalue weighted by Crippen LogP contribution is 2.04. The monoisotopic (exact) mass is 355 g/mol. The van der Waals surface area contributed by atoms with Gasteiger partial charge < -0.3 is 10.2 Å². The lowest BCUT2D eigenvalue weighted by Gasteiger charge is -2.20. The number of nitrogens with one attached hydrogen (secondary N) is 1. The second-order valence-corrected chi connectivity index (χ2v) is 8.31. The molecule has 0 atom stereocenters. The zero-order valence-corrected chi connectivity index (χ0v) is 15.9. The van der Waals surface area contributed by atoms with Crippen molar-refractivity contribution in [1.29, 1.82) is 0 Å². The molecule has 1 rings (SSSR count). The first-order valence-corrected chi connectivity index (χ1v) is 9.95. The third-order valence-corrected chi connectivity index (χ3v) is 4.98. The highest BCUT2D eigenvalue weighted by atomic mass is 32.2. The Morgan fingerprint density at radius 2 is 1.71 bits per heavy atom. The zero-order chi connectivity index (χ0) is 18.2. The second kappa shape index (κ2) is 9.76. The summed E-state index contributed by atoms with van der Waals surface area (Å²) < 4.78 is 25.0. The molecule has 1 aromatic carbocycles. The van der Waals surface area contributed by atoms with E-state index in [1.54, 1.807) is 0 Å². The molecule has 0 spiro atoms. The number of carbonyl (C=O) groups excluding carboxylic acids is 1. The van der Waals surface area contributed by atoms with Crippen LogP contribution in [0, 0.1) is 6.92 Å². The third kappa shape index (κ3) is 8.42. The number of sulfonamides is 1. The van der Waals surface area contributed by atoms with Crippen molar-refractivity contribution in [2.75, 3.05) is 40.0 Å². The number of carbonyl (C=O) groups is 1. The highest BCUT2D eigenvalue weighted by Gasteiger charge is 2.17. The molecule has 0 aliphatic carbocycles. The molecule has 0 radical (unpaired) electrons. The molecular weight excluding hydrogens is 326 g/mol. The van der Waals surface area contributed by atoms with E-state index >= 15 is 0 Å². The molecular formula is C17H29N3O3S. The first kappa shape index (κ1) is 20.6. The zero-order valence-electron chi connectivity index (χ0n) is 15.1. The van der Waals surface area contributed by atoms with Gasteiger partial charge in [-0.15, -0.1) is 0 Å². The third-order valence-electron chi connectivity index (χ3n) is 3.68. The van der Waals surface area contributed by atoms with E-state index in [1.165, 1.54) is 16.1 Å².